The highest BCUT2D eigenvalue weighted by Gasteiger charge is 2.30. The second-order valence-electron chi connectivity index (χ2n) is 8.09. The fraction of sp³-hybridized carbons (Fsp3) is 0.550. The zero-order valence-corrected chi connectivity index (χ0v) is 18.5. The minimum Gasteiger partial charge on any atom is -0.363 e. The molecule has 3 heterocycles. The molecule has 0 amide bonds. The minimum absolute atomic E-state index is 0.00160. The fourth-order valence-corrected chi connectivity index (χ4v) is 5.77. The van der Waals surface area contributed by atoms with Crippen molar-refractivity contribution in [3.8, 4) is 0 Å². The quantitative estimate of drug-likeness (QED) is 0.490. The summed E-state index contributed by atoms with van der Waals surface area (Å²) in [5, 5.41) is 11.8. The lowest BCUT2D eigenvalue weighted by Crippen LogP contribution is -2.46. The van der Waals surface area contributed by atoms with Crippen LogP contribution in [0.15, 0.2) is 35.5 Å². The first-order valence-corrected chi connectivity index (χ1v) is 12.0. The Labute approximate surface area is 182 Å². The van der Waals surface area contributed by atoms with Gasteiger partial charge in [-0.15, -0.1) is 0 Å². The number of anilines is 1. The van der Waals surface area contributed by atoms with Crippen molar-refractivity contribution in [2.75, 3.05) is 44.2 Å². The maximum Gasteiger partial charge on any atom is 0.293 e. The van der Waals surface area contributed by atoms with E-state index in [1.54, 1.807) is 12.3 Å². The van der Waals surface area contributed by atoms with E-state index in [2.05, 4.69) is 9.88 Å². The van der Waals surface area contributed by atoms with Gasteiger partial charge in [0, 0.05) is 64.8 Å². The van der Waals surface area contributed by atoms with Gasteiger partial charge >= 0.3 is 0 Å². The van der Waals surface area contributed by atoms with Crippen molar-refractivity contribution < 1.29 is 13.3 Å². The Balaban J connectivity index is 1.50. The molecule has 4 rings (SSSR count). The van der Waals surface area contributed by atoms with E-state index in [4.69, 9.17) is 0 Å². The molecule has 2 aromatic rings. The van der Waals surface area contributed by atoms with E-state index in [0.29, 0.717) is 31.9 Å². The van der Waals surface area contributed by atoms with Crippen LogP contribution in [0.5, 0.6) is 0 Å². The van der Waals surface area contributed by atoms with Crippen molar-refractivity contribution in [2.45, 2.75) is 30.7 Å². The van der Waals surface area contributed by atoms with E-state index < -0.39 is 14.9 Å². The Hall–Kier alpha value is -2.50. The van der Waals surface area contributed by atoms with Crippen molar-refractivity contribution in [3.05, 3.63) is 46.5 Å². The fourth-order valence-electron chi connectivity index (χ4n) is 4.23. The lowest BCUT2D eigenvalue weighted by molar-refractivity contribution is -0.384. The lowest BCUT2D eigenvalue weighted by Gasteiger charge is -2.35. The zero-order valence-electron chi connectivity index (χ0n) is 17.7. The summed E-state index contributed by atoms with van der Waals surface area (Å²) in [5.41, 5.74) is 0.315. The van der Waals surface area contributed by atoms with Crippen LogP contribution < -0.4 is 4.90 Å². The Kier molecular flexibility index (Phi) is 6.26. The standard InChI is InChI=1S/C20H28N6O4S/c1-22-10-7-21-20(22)16-23-11-13-24(14-12-23)18-6-5-17(15-19(18)26(27)28)31(29,30)25-8-3-2-4-9-25/h5-7,10,15H,2-4,8-9,11-14,16H2,1H3. The second kappa shape index (κ2) is 8.93. The van der Waals surface area contributed by atoms with Gasteiger partial charge in [-0.3, -0.25) is 15.0 Å². The molecule has 0 saturated carbocycles. The van der Waals surface area contributed by atoms with Gasteiger partial charge in [0.1, 0.15) is 11.5 Å². The number of hydrogen-bond acceptors (Lipinski definition) is 7. The summed E-state index contributed by atoms with van der Waals surface area (Å²) in [6, 6.07) is 4.31. The maximum absolute atomic E-state index is 12.9. The number of aryl methyl sites for hydroxylation is 1. The highest BCUT2D eigenvalue weighted by Crippen LogP contribution is 2.33. The third kappa shape index (κ3) is 4.58. The first-order valence-electron chi connectivity index (χ1n) is 10.6. The van der Waals surface area contributed by atoms with Crippen molar-refractivity contribution in [3.63, 3.8) is 0 Å². The van der Waals surface area contributed by atoms with Gasteiger partial charge in [-0.2, -0.15) is 4.31 Å². The molecule has 0 spiro atoms. The molecule has 10 nitrogen and oxygen atoms in total. The number of hydrogen-bond donors (Lipinski definition) is 0. The van der Waals surface area contributed by atoms with Crippen LogP contribution in [0.3, 0.4) is 0 Å². The zero-order chi connectivity index (χ0) is 22.0. The molecule has 0 unspecified atom stereocenters. The van der Waals surface area contributed by atoms with Crippen LogP contribution in [0.25, 0.3) is 0 Å². The van der Waals surface area contributed by atoms with Gasteiger partial charge in [0.25, 0.3) is 5.69 Å². The number of nitro groups is 1. The van der Waals surface area contributed by atoms with Crippen LogP contribution in [0.2, 0.25) is 0 Å². The van der Waals surface area contributed by atoms with Crippen LogP contribution >= 0.6 is 0 Å². The van der Waals surface area contributed by atoms with Gasteiger partial charge in [-0.25, -0.2) is 13.4 Å². The highest BCUT2D eigenvalue weighted by molar-refractivity contribution is 7.89. The smallest absolute Gasteiger partial charge is 0.293 e. The Bertz CT molecular complexity index is 1040. The van der Waals surface area contributed by atoms with Crippen molar-refractivity contribution in [1.29, 1.82) is 0 Å². The molecular weight excluding hydrogens is 420 g/mol. The number of piperazine rings is 1. The predicted molar refractivity (Wildman–Crippen MR) is 116 cm³/mol. The molecule has 0 bridgehead atoms. The van der Waals surface area contributed by atoms with Crippen molar-refractivity contribution in [2.24, 2.45) is 7.05 Å². The van der Waals surface area contributed by atoms with Crippen LogP contribution in [0.1, 0.15) is 25.1 Å². The van der Waals surface area contributed by atoms with Crippen LogP contribution in [-0.2, 0) is 23.6 Å². The Morgan fingerprint density at radius 1 is 1.06 bits per heavy atom. The second-order valence-corrected chi connectivity index (χ2v) is 10.0. The summed E-state index contributed by atoms with van der Waals surface area (Å²) in [7, 11) is -1.75. The van der Waals surface area contributed by atoms with E-state index in [9.17, 15) is 18.5 Å². The Morgan fingerprint density at radius 3 is 2.39 bits per heavy atom. The van der Waals surface area contributed by atoms with E-state index in [1.807, 2.05) is 22.7 Å². The average Bonchev–Trinajstić information content (AvgIpc) is 3.18. The molecule has 11 heteroatoms. The van der Waals surface area contributed by atoms with Crippen molar-refractivity contribution in [1.82, 2.24) is 18.8 Å². The number of piperidine rings is 1. The SMILES string of the molecule is Cn1ccnc1CN1CCN(c2ccc(S(=O)(=O)N3CCCCC3)cc2[N+](=O)[O-])CC1. The molecule has 31 heavy (non-hydrogen) atoms. The monoisotopic (exact) mass is 448 g/mol. The Morgan fingerprint density at radius 2 is 1.77 bits per heavy atom. The number of benzene rings is 1. The van der Waals surface area contributed by atoms with Crippen LogP contribution in [-0.4, -0.2) is 71.4 Å². The van der Waals surface area contributed by atoms with E-state index >= 15 is 0 Å². The molecule has 0 radical (unpaired) electrons. The molecule has 1 aromatic heterocycles. The van der Waals surface area contributed by atoms with Gasteiger partial charge in [-0.1, -0.05) is 6.42 Å². The number of sulfonamides is 1. The third-order valence-electron chi connectivity index (χ3n) is 6.10. The summed E-state index contributed by atoms with van der Waals surface area (Å²) >= 11 is 0. The first-order chi connectivity index (χ1) is 14.9. The minimum atomic E-state index is -3.71. The van der Waals surface area contributed by atoms with E-state index in [0.717, 1.165) is 44.7 Å². The van der Waals surface area contributed by atoms with E-state index in [1.165, 1.54) is 16.4 Å². The van der Waals surface area contributed by atoms with Gasteiger partial charge in [0.15, 0.2) is 0 Å². The normalized spacial score (nSPS) is 18.9. The predicted octanol–water partition coefficient (Wildman–Crippen LogP) is 1.83. The van der Waals surface area contributed by atoms with Crippen molar-refractivity contribution >= 4 is 21.4 Å². The largest absolute Gasteiger partial charge is 0.363 e. The van der Waals surface area contributed by atoms with Crippen LogP contribution in [0.4, 0.5) is 11.4 Å². The average molecular weight is 449 g/mol. The van der Waals surface area contributed by atoms with Crippen LogP contribution in [0, 0.1) is 10.1 Å². The number of rotatable bonds is 6. The number of imidazole rings is 1. The van der Waals surface area contributed by atoms with Gasteiger partial charge in [-0.05, 0) is 25.0 Å². The third-order valence-corrected chi connectivity index (χ3v) is 7.99. The summed E-state index contributed by atoms with van der Waals surface area (Å²) in [6.45, 7) is 4.42. The topological polar surface area (TPSA) is 105 Å². The summed E-state index contributed by atoms with van der Waals surface area (Å²) in [6.07, 6.45) is 6.34. The molecule has 2 saturated heterocycles. The lowest BCUT2D eigenvalue weighted by atomic mass is 10.2. The first kappa shape index (κ1) is 21.7. The number of nitrogens with zero attached hydrogens (tertiary/aromatic N) is 6. The van der Waals surface area contributed by atoms with E-state index in [-0.39, 0.29) is 10.6 Å². The molecule has 0 aliphatic carbocycles. The molecule has 2 aliphatic heterocycles. The van der Waals surface area contributed by atoms with Gasteiger partial charge in [0.05, 0.1) is 16.4 Å². The number of nitro benzene ring substituents is 1. The highest BCUT2D eigenvalue weighted by atomic mass is 32.2. The molecule has 168 valence electrons. The van der Waals surface area contributed by atoms with Gasteiger partial charge < -0.3 is 9.47 Å². The molecule has 0 N–H and O–H groups in total. The molecule has 2 fully saturated rings. The van der Waals surface area contributed by atoms with Gasteiger partial charge in [0.2, 0.25) is 10.0 Å². The maximum atomic E-state index is 12.9. The molecule has 2 aliphatic rings. The summed E-state index contributed by atoms with van der Waals surface area (Å²) < 4.78 is 29.3. The molecule has 1 aromatic carbocycles. The molecule has 0 atom stereocenters. The summed E-state index contributed by atoms with van der Waals surface area (Å²) in [5.74, 6) is 0.978. The number of aromatic nitrogens is 2. The summed E-state index contributed by atoms with van der Waals surface area (Å²) in [4.78, 5) is 19.9. The molecular formula is C20H28N6O4S.